The van der Waals surface area contributed by atoms with E-state index in [1.807, 2.05) is 0 Å². The standard InChI is InChI=1S/C28H28F3N7O3S/c1-17(16-39)34-25-24(15-33-26(38-25)35-22-7-4-8-23(14-22)42(2,32)41)18-9-11-20(12-10-18)36-27(40)37-21-6-3-5-19(13-21)28(29,30)31/h3-15,17,32,39H,16H2,1-2H3,(H2,36,37,40)(H2,33,34,35,38)/t17-,42?/m1/s1. The second kappa shape index (κ2) is 12.4. The molecular weight excluding hydrogens is 571 g/mol. The lowest BCUT2D eigenvalue weighted by Crippen LogP contribution is -2.21. The van der Waals surface area contributed by atoms with Gasteiger partial charge in [0, 0.05) is 46.0 Å². The third kappa shape index (κ3) is 7.95. The number of rotatable bonds is 9. The zero-order chi connectivity index (χ0) is 30.5. The summed E-state index contributed by atoms with van der Waals surface area (Å²) in [5.41, 5.74) is 1.33. The van der Waals surface area contributed by atoms with E-state index in [1.165, 1.54) is 18.4 Å². The number of alkyl halides is 3. The summed E-state index contributed by atoms with van der Waals surface area (Å²) in [5.74, 6) is 0.633. The van der Waals surface area contributed by atoms with Crippen LogP contribution >= 0.6 is 0 Å². The van der Waals surface area contributed by atoms with Crippen molar-refractivity contribution in [3.05, 3.63) is 84.6 Å². The number of nitrogens with zero attached hydrogens (tertiary/aromatic N) is 2. The number of benzene rings is 3. The van der Waals surface area contributed by atoms with Gasteiger partial charge in [0.1, 0.15) is 5.82 Å². The lowest BCUT2D eigenvalue weighted by Gasteiger charge is -2.17. The molecule has 6 N–H and O–H groups in total. The van der Waals surface area contributed by atoms with Crippen LogP contribution in [0.4, 0.5) is 46.8 Å². The number of carbonyl (C=O) groups excluding carboxylic acids is 1. The highest BCUT2D eigenvalue weighted by molar-refractivity contribution is 7.91. The summed E-state index contributed by atoms with van der Waals surface area (Å²) in [6, 6.07) is 16.5. The maximum Gasteiger partial charge on any atom is 0.416 e. The molecule has 0 bridgehead atoms. The molecule has 0 saturated heterocycles. The van der Waals surface area contributed by atoms with Gasteiger partial charge in [-0.15, -0.1) is 0 Å². The summed E-state index contributed by atoms with van der Waals surface area (Å²) >= 11 is 0. The lowest BCUT2D eigenvalue weighted by atomic mass is 10.1. The van der Waals surface area contributed by atoms with Gasteiger partial charge < -0.3 is 26.4 Å². The number of aromatic nitrogens is 2. The number of nitrogens with one attached hydrogen (secondary N) is 5. The number of hydrogen-bond acceptors (Lipinski definition) is 8. The number of aliphatic hydroxyl groups excluding tert-OH is 1. The van der Waals surface area contributed by atoms with Gasteiger partial charge in [0.15, 0.2) is 0 Å². The van der Waals surface area contributed by atoms with E-state index in [1.54, 1.807) is 61.7 Å². The van der Waals surface area contributed by atoms with Crippen LogP contribution in [0, 0.1) is 4.78 Å². The van der Waals surface area contributed by atoms with Crippen LogP contribution in [0.25, 0.3) is 11.1 Å². The van der Waals surface area contributed by atoms with E-state index in [0.717, 1.165) is 12.1 Å². The van der Waals surface area contributed by atoms with E-state index in [0.29, 0.717) is 33.2 Å². The minimum absolute atomic E-state index is 0.00627. The Hall–Kier alpha value is -4.69. The molecule has 220 valence electrons. The predicted octanol–water partition coefficient (Wildman–Crippen LogP) is 6.38. The SMILES string of the molecule is C[C@H](CO)Nc1nc(Nc2cccc(S(C)(=N)=O)c2)ncc1-c1ccc(NC(=O)Nc2cccc(C(F)(F)F)c2)cc1. The molecular formula is C28H28F3N7O3S. The number of hydrogen-bond donors (Lipinski definition) is 6. The molecule has 4 rings (SSSR count). The molecule has 0 saturated carbocycles. The zero-order valence-electron chi connectivity index (χ0n) is 22.5. The molecule has 0 aliphatic rings. The molecule has 0 aliphatic carbocycles. The fourth-order valence-electron chi connectivity index (χ4n) is 3.79. The highest BCUT2D eigenvalue weighted by Gasteiger charge is 2.30. The topological polar surface area (TPSA) is 152 Å². The smallest absolute Gasteiger partial charge is 0.394 e. The monoisotopic (exact) mass is 599 g/mol. The summed E-state index contributed by atoms with van der Waals surface area (Å²) in [6.45, 7) is 1.61. The molecule has 0 radical (unpaired) electrons. The molecule has 1 heterocycles. The van der Waals surface area contributed by atoms with Crippen LogP contribution in [0.3, 0.4) is 0 Å². The summed E-state index contributed by atoms with van der Waals surface area (Å²) in [5, 5.41) is 20.7. The second-order valence-corrected chi connectivity index (χ2v) is 11.6. The normalized spacial score (nSPS) is 13.5. The number of amides is 2. The Bertz CT molecular complexity index is 1680. The first-order valence-corrected chi connectivity index (χ1v) is 14.5. The lowest BCUT2D eigenvalue weighted by molar-refractivity contribution is -0.137. The summed E-state index contributed by atoms with van der Waals surface area (Å²) in [7, 11) is -2.91. The number of urea groups is 1. The maximum atomic E-state index is 12.9. The van der Waals surface area contributed by atoms with Crippen molar-refractivity contribution >= 4 is 44.6 Å². The minimum atomic E-state index is -4.53. The van der Waals surface area contributed by atoms with Crippen molar-refractivity contribution in [1.29, 1.82) is 4.78 Å². The van der Waals surface area contributed by atoms with Crippen LogP contribution < -0.4 is 21.3 Å². The first-order valence-electron chi connectivity index (χ1n) is 12.5. The van der Waals surface area contributed by atoms with Crippen molar-refractivity contribution in [3.63, 3.8) is 0 Å². The van der Waals surface area contributed by atoms with E-state index >= 15 is 0 Å². The van der Waals surface area contributed by atoms with Gasteiger partial charge in [-0.3, -0.25) is 0 Å². The van der Waals surface area contributed by atoms with Crippen molar-refractivity contribution < 1.29 is 27.3 Å². The first-order chi connectivity index (χ1) is 19.8. The van der Waals surface area contributed by atoms with E-state index in [2.05, 4.69) is 31.2 Å². The molecule has 42 heavy (non-hydrogen) atoms. The van der Waals surface area contributed by atoms with Crippen molar-refractivity contribution in [2.24, 2.45) is 0 Å². The van der Waals surface area contributed by atoms with Crippen LogP contribution in [0.15, 0.2) is 83.9 Å². The average molecular weight is 600 g/mol. The second-order valence-electron chi connectivity index (χ2n) is 9.42. The van der Waals surface area contributed by atoms with Crippen LogP contribution in [0.2, 0.25) is 0 Å². The van der Waals surface area contributed by atoms with Gasteiger partial charge in [-0.2, -0.15) is 18.2 Å². The molecule has 2 atom stereocenters. The fourth-order valence-corrected chi connectivity index (χ4v) is 4.48. The van der Waals surface area contributed by atoms with Gasteiger partial charge in [0.2, 0.25) is 5.95 Å². The Labute approximate surface area is 240 Å². The van der Waals surface area contributed by atoms with Crippen molar-refractivity contribution in [2.75, 3.05) is 34.1 Å². The Morgan fingerprint density at radius 1 is 1.00 bits per heavy atom. The van der Waals surface area contributed by atoms with Crippen LogP contribution in [-0.4, -0.2) is 44.2 Å². The van der Waals surface area contributed by atoms with E-state index in [4.69, 9.17) is 4.78 Å². The maximum absolute atomic E-state index is 12.9. The average Bonchev–Trinajstić information content (AvgIpc) is 2.93. The van der Waals surface area contributed by atoms with Crippen molar-refractivity contribution in [3.8, 4) is 11.1 Å². The molecule has 1 aromatic heterocycles. The summed E-state index contributed by atoms with van der Waals surface area (Å²) < 4.78 is 58.8. The highest BCUT2D eigenvalue weighted by Crippen LogP contribution is 2.31. The Balaban J connectivity index is 1.52. The molecule has 3 aromatic carbocycles. The van der Waals surface area contributed by atoms with Gasteiger partial charge in [0.05, 0.1) is 21.9 Å². The third-order valence-corrected chi connectivity index (χ3v) is 7.04. The summed E-state index contributed by atoms with van der Waals surface area (Å²) in [6.07, 6.45) is -1.63. The molecule has 2 amide bonds. The molecule has 0 fully saturated rings. The molecule has 4 aromatic rings. The largest absolute Gasteiger partial charge is 0.416 e. The predicted molar refractivity (Wildman–Crippen MR) is 157 cm³/mol. The van der Waals surface area contributed by atoms with E-state index in [-0.39, 0.29) is 24.3 Å². The Morgan fingerprint density at radius 3 is 2.33 bits per heavy atom. The van der Waals surface area contributed by atoms with E-state index in [9.17, 15) is 27.3 Å². The zero-order valence-corrected chi connectivity index (χ0v) is 23.3. The number of halogens is 3. The fraction of sp³-hybridized carbons (Fsp3) is 0.179. The molecule has 0 spiro atoms. The Morgan fingerprint density at radius 2 is 1.67 bits per heavy atom. The number of anilines is 5. The van der Waals surface area contributed by atoms with Gasteiger partial charge in [-0.05, 0) is 61.0 Å². The molecule has 14 heteroatoms. The minimum Gasteiger partial charge on any atom is -0.394 e. The Kier molecular flexibility index (Phi) is 8.97. The van der Waals surface area contributed by atoms with Crippen LogP contribution in [-0.2, 0) is 15.9 Å². The van der Waals surface area contributed by atoms with Crippen LogP contribution in [0.5, 0.6) is 0 Å². The van der Waals surface area contributed by atoms with Crippen molar-refractivity contribution in [2.45, 2.75) is 24.0 Å². The quantitative estimate of drug-likeness (QED) is 0.131. The van der Waals surface area contributed by atoms with Crippen LogP contribution in [0.1, 0.15) is 12.5 Å². The first kappa shape index (κ1) is 30.3. The molecule has 0 aliphatic heterocycles. The van der Waals surface area contributed by atoms with E-state index < -0.39 is 27.5 Å². The van der Waals surface area contributed by atoms with Crippen molar-refractivity contribution in [1.82, 2.24) is 9.97 Å². The molecule has 1 unspecified atom stereocenters. The molecule has 10 nitrogen and oxygen atoms in total. The number of aliphatic hydroxyl groups is 1. The van der Waals surface area contributed by atoms with Gasteiger partial charge in [-0.25, -0.2) is 18.8 Å². The third-order valence-electron chi connectivity index (χ3n) is 5.89. The van der Waals surface area contributed by atoms with Gasteiger partial charge >= 0.3 is 12.2 Å². The van der Waals surface area contributed by atoms with Gasteiger partial charge in [-0.1, -0.05) is 24.3 Å². The highest BCUT2D eigenvalue weighted by atomic mass is 32.2. The number of carbonyl (C=O) groups is 1. The van der Waals surface area contributed by atoms with Gasteiger partial charge in [0.25, 0.3) is 0 Å². The summed E-state index contributed by atoms with van der Waals surface area (Å²) in [4.78, 5) is 21.7.